The summed E-state index contributed by atoms with van der Waals surface area (Å²) in [6, 6.07) is -0.169. The summed E-state index contributed by atoms with van der Waals surface area (Å²) >= 11 is 0. The van der Waals surface area contributed by atoms with Gasteiger partial charge in [-0.2, -0.15) is 5.48 Å². The molecule has 25 heavy (non-hydrogen) atoms. The standard InChI is InChI=1S/C19H33N3O3/c1-24-16-7-9-21(10-8-16)18-11-17(20-25-18)19(23)22-12-15(13-22)14-5-3-2-4-6-14/h14-18,20H,2-13H2,1H3. The molecule has 1 amide bonds. The summed E-state index contributed by atoms with van der Waals surface area (Å²) in [6.07, 6.45) is 10.2. The number of methoxy groups -OCH3 is 1. The second kappa shape index (κ2) is 7.91. The number of nitrogens with one attached hydrogen (secondary N) is 1. The molecule has 0 radical (unpaired) electrons. The van der Waals surface area contributed by atoms with Gasteiger partial charge in [-0.15, -0.1) is 0 Å². The van der Waals surface area contributed by atoms with Gasteiger partial charge in [-0.05, 0) is 24.7 Å². The highest BCUT2D eigenvalue weighted by atomic mass is 16.7. The van der Waals surface area contributed by atoms with E-state index in [2.05, 4.69) is 10.4 Å². The second-order valence-corrected chi connectivity index (χ2v) is 8.35. The minimum Gasteiger partial charge on any atom is -0.381 e. The van der Waals surface area contributed by atoms with Crippen LogP contribution in [0.15, 0.2) is 0 Å². The van der Waals surface area contributed by atoms with E-state index in [1.807, 2.05) is 4.90 Å². The zero-order valence-electron chi connectivity index (χ0n) is 15.5. The second-order valence-electron chi connectivity index (χ2n) is 8.35. The van der Waals surface area contributed by atoms with Gasteiger partial charge in [0.2, 0.25) is 5.91 Å². The third kappa shape index (κ3) is 3.87. The minimum absolute atomic E-state index is 0.0298. The number of nitrogens with zero attached hydrogens (tertiary/aromatic N) is 2. The predicted octanol–water partition coefficient (Wildman–Crippen LogP) is 1.76. The van der Waals surface area contributed by atoms with E-state index in [9.17, 15) is 4.79 Å². The average Bonchev–Trinajstić information content (AvgIpc) is 3.11. The van der Waals surface area contributed by atoms with Gasteiger partial charge >= 0.3 is 0 Å². The van der Waals surface area contributed by atoms with Crippen LogP contribution in [0.1, 0.15) is 51.4 Å². The first kappa shape index (κ1) is 17.7. The van der Waals surface area contributed by atoms with Crippen molar-refractivity contribution in [1.82, 2.24) is 15.3 Å². The summed E-state index contributed by atoms with van der Waals surface area (Å²) in [7, 11) is 1.79. The molecule has 0 bridgehead atoms. The molecule has 0 aromatic carbocycles. The summed E-state index contributed by atoms with van der Waals surface area (Å²) in [6.45, 7) is 3.90. The first-order valence-electron chi connectivity index (χ1n) is 10.2. The topological polar surface area (TPSA) is 54.0 Å². The molecule has 3 aliphatic heterocycles. The number of hydrogen-bond donors (Lipinski definition) is 1. The monoisotopic (exact) mass is 351 g/mol. The number of likely N-dealkylation sites (tertiary alicyclic amines) is 2. The third-order valence-electron chi connectivity index (χ3n) is 6.84. The van der Waals surface area contributed by atoms with Crippen molar-refractivity contribution in [3.63, 3.8) is 0 Å². The maximum Gasteiger partial charge on any atom is 0.242 e. The summed E-state index contributed by atoms with van der Waals surface area (Å²) < 4.78 is 5.43. The van der Waals surface area contributed by atoms with Crippen molar-refractivity contribution in [1.29, 1.82) is 0 Å². The fourth-order valence-corrected chi connectivity index (χ4v) is 5.05. The molecule has 3 heterocycles. The van der Waals surface area contributed by atoms with Gasteiger partial charge in [0.1, 0.15) is 12.3 Å². The lowest BCUT2D eigenvalue weighted by molar-refractivity contribution is -0.143. The normalized spacial score (nSPS) is 33.6. The van der Waals surface area contributed by atoms with E-state index < -0.39 is 0 Å². The zero-order chi connectivity index (χ0) is 17.2. The van der Waals surface area contributed by atoms with Crippen molar-refractivity contribution >= 4 is 5.91 Å². The van der Waals surface area contributed by atoms with Crippen LogP contribution in [-0.4, -0.2) is 67.4 Å². The number of carbonyl (C=O) groups is 1. The van der Waals surface area contributed by atoms with Crippen LogP contribution in [-0.2, 0) is 14.4 Å². The molecule has 1 aliphatic carbocycles. The van der Waals surface area contributed by atoms with Crippen molar-refractivity contribution in [2.45, 2.75) is 69.7 Å². The maximum absolute atomic E-state index is 12.7. The van der Waals surface area contributed by atoms with Crippen LogP contribution in [0.4, 0.5) is 0 Å². The van der Waals surface area contributed by atoms with Gasteiger partial charge in [-0.1, -0.05) is 32.1 Å². The number of piperidine rings is 1. The third-order valence-corrected chi connectivity index (χ3v) is 6.84. The van der Waals surface area contributed by atoms with E-state index in [0.717, 1.165) is 57.3 Å². The van der Waals surface area contributed by atoms with Gasteiger partial charge in [0.05, 0.1) is 6.10 Å². The van der Waals surface area contributed by atoms with Crippen LogP contribution in [0, 0.1) is 11.8 Å². The Balaban J connectivity index is 1.21. The molecule has 0 aromatic heterocycles. The SMILES string of the molecule is COC1CCN(C2CC(C(=O)N3CC(C4CCCCC4)C3)NO2)CC1. The average molecular weight is 351 g/mol. The molecule has 2 atom stereocenters. The first-order chi connectivity index (χ1) is 12.2. The highest BCUT2D eigenvalue weighted by Crippen LogP contribution is 2.35. The molecule has 6 heteroatoms. The summed E-state index contributed by atoms with van der Waals surface area (Å²) in [5.41, 5.74) is 3.01. The van der Waals surface area contributed by atoms with Gasteiger partial charge in [0, 0.05) is 39.7 Å². The van der Waals surface area contributed by atoms with E-state index in [-0.39, 0.29) is 18.2 Å². The lowest BCUT2D eigenvalue weighted by atomic mass is 9.76. The number of rotatable bonds is 4. The van der Waals surface area contributed by atoms with Crippen molar-refractivity contribution in [2.75, 3.05) is 33.3 Å². The zero-order valence-corrected chi connectivity index (χ0v) is 15.5. The lowest BCUT2D eigenvalue weighted by Crippen LogP contribution is -2.57. The van der Waals surface area contributed by atoms with Gasteiger partial charge in [-0.25, -0.2) is 0 Å². The molecule has 2 unspecified atom stereocenters. The van der Waals surface area contributed by atoms with Crippen molar-refractivity contribution < 1.29 is 14.4 Å². The fraction of sp³-hybridized carbons (Fsp3) is 0.947. The van der Waals surface area contributed by atoms with Gasteiger partial charge < -0.3 is 9.64 Å². The Morgan fingerprint density at radius 3 is 2.44 bits per heavy atom. The number of ether oxygens (including phenoxy) is 1. The van der Waals surface area contributed by atoms with Crippen LogP contribution in [0.2, 0.25) is 0 Å². The number of amides is 1. The Morgan fingerprint density at radius 2 is 1.76 bits per heavy atom. The molecular formula is C19H33N3O3. The molecule has 4 aliphatic rings. The van der Waals surface area contributed by atoms with E-state index in [1.165, 1.54) is 32.1 Å². The van der Waals surface area contributed by atoms with Crippen LogP contribution in [0.25, 0.3) is 0 Å². The van der Waals surface area contributed by atoms with Crippen molar-refractivity contribution in [3.05, 3.63) is 0 Å². The Morgan fingerprint density at radius 1 is 1.04 bits per heavy atom. The fourth-order valence-electron chi connectivity index (χ4n) is 5.05. The highest BCUT2D eigenvalue weighted by Gasteiger charge is 2.42. The predicted molar refractivity (Wildman–Crippen MR) is 94.7 cm³/mol. The Kier molecular flexibility index (Phi) is 5.60. The van der Waals surface area contributed by atoms with Crippen LogP contribution in [0.3, 0.4) is 0 Å². The van der Waals surface area contributed by atoms with Crippen LogP contribution >= 0.6 is 0 Å². The smallest absolute Gasteiger partial charge is 0.242 e. The molecule has 6 nitrogen and oxygen atoms in total. The Labute approximate surface area is 151 Å². The van der Waals surface area contributed by atoms with Crippen LogP contribution in [0.5, 0.6) is 0 Å². The molecule has 4 rings (SSSR count). The van der Waals surface area contributed by atoms with Gasteiger partial charge in [0.25, 0.3) is 0 Å². The van der Waals surface area contributed by atoms with E-state index in [1.54, 1.807) is 7.11 Å². The number of hydrogen-bond acceptors (Lipinski definition) is 5. The molecule has 0 spiro atoms. The quantitative estimate of drug-likeness (QED) is 0.836. The first-order valence-corrected chi connectivity index (χ1v) is 10.2. The van der Waals surface area contributed by atoms with E-state index in [0.29, 0.717) is 6.10 Å². The lowest BCUT2D eigenvalue weighted by Gasteiger charge is -2.45. The summed E-state index contributed by atoms with van der Waals surface area (Å²) in [5, 5.41) is 0. The molecule has 1 N–H and O–H groups in total. The number of hydroxylamine groups is 1. The van der Waals surface area contributed by atoms with E-state index in [4.69, 9.17) is 9.57 Å². The van der Waals surface area contributed by atoms with Crippen molar-refractivity contribution in [3.8, 4) is 0 Å². The largest absolute Gasteiger partial charge is 0.381 e. The Bertz CT molecular complexity index is 455. The summed E-state index contributed by atoms with van der Waals surface area (Å²) in [5.74, 6) is 1.84. The summed E-state index contributed by atoms with van der Waals surface area (Å²) in [4.78, 5) is 22.9. The molecule has 4 fully saturated rings. The van der Waals surface area contributed by atoms with Crippen molar-refractivity contribution in [2.24, 2.45) is 11.8 Å². The van der Waals surface area contributed by atoms with Gasteiger partial charge in [-0.3, -0.25) is 14.5 Å². The minimum atomic E-state index is -0.169. The maximum atomic E-state index is 12.7. The van der Waals surface area contributed by atoms with Crippen LogP contribution < -0.4 is 5.48 Å². The molecule has 0 aromatic rings. The molecule has 142 valence electrons. The molecular weight excluding hydrogens is 318 g/mol. The highest BCUT2D eigenvalue weighted by molar-refractivity contribution is 5.82. The van der Waals surface area contributed by atoms with E-state index >= 15 is 0 Å². The van der Waals surface area contributed by atoms with Gasteiger partial charge in [0.15, 0.2) is 0 Å². The number of carbonyl (C=O) groups excluding carboxylic acids is 1. The Hall–Kier alpha value is -0.690. The molecule has 3 saturated heterocycles. The molecule has 1 saturated carbocycles.